The maximum atomic E-state index is 12.4. The van der Waals surface area contributed by atoms with Gasteiger partial charge in [-0.2, -0.15) is 0 Å². The second kappa shape index (κ2) is 9.71. The molecule has 1 heterocycles. The third-order valence-corrected chi connectivity index (χ3v) is 5.96. The van der Waals surface area contributed by atoms with Crippen molar-refractivity contribution in [2.24, 2.45) is 4.99 Å². The van der Waals surface area contributed by atoms with Crippen LogP contribution in [0.3, 0.4) is 0 Å². The van der Waals surface area contributed by atoms with E-state index in [1.165, 1.54) is 0 Å². The molecule has 0 N–H and O–H groups in total. The number of carbonyl (C=O) groups excluding carboxylic acids is 1. The van der Waals surface area contributed by atoms with Crippen LogP contribution in [-0.2, 0) is 16.1 Å². The highest BCUT2D eigenvalue weighted by atomic mass is 79.9. The van der Waals surface area contributed by atoms with Gasteiger partial charge in [0.25, 0.3) is 0 Å². The van der Waals surface area contributed by atoms with Gasteiger partial charge in [-0.15, -0.1) is 0 Å². The molecule has 0 bridgehead atoms. The van der Waals surface area contributed by atoms with Crippen LogP contribution in [0.25, 0.3) is 6.08 Å². The van der Waals surface area contributed by atoms with E-state index in [9.17, 15) is 4.79 Å². The molecule has 0 radical (unpaired) electrons. The van der Waals surface area contributed by atoms with Crippen LogP contribution >= 0.6 is 31.9 Å². The Kier molecular flexibility index (Phi) is 6.77. The van der Waals surface area contributed by atoms with Gasteiger partial charge in [-0.25, -0.2) is 9.79 Å². The SMILES string of the molecule is COc1cc(C=C2N=C(c3cccc(Br)c3)OC2=O)cc(Br)c1OCc1ccccc1C. The Labute approximate surface area is 203 Å². The number of cyclic esters (lactones) is 1. The molecular formula is C25H19Br2NO4. The molecule has 0 amide bonds. The van der Waals surface area contributed by atoms with Crippen LogP contribution in [0.4, 0.5) is 0 Å². The zero-order valence-electron chi connectivity index (χ0n) is 17.4. The summed E-state index contributed by atoms with van der Waals surface area (Å²) < 4.78 is 18.5. The van der Waals surface area contributed by atoms with Crippen LogP contribution in [0.15, 0.2) is 80.3 Å². The number of rotatable bonds is 6. The Morgan fingerprint density at radius 3 is 2.62 bits per heavy atom. The average Bonchev–Trinajstić information content (AvgIpc) is 3.14. The van der Waals surface area contributed by atoms with Gasteiger partial charge >= 0.3 is 5.97 Å². The highest BCUT2D eigenvalue weighted by molar-refractivity contribution is 9.10. The lowest BCUT2D eigenvalue weighted by Crippen LogP contribution is -2.05. The van der Waals surface area contributed by atoms with E-state index < -0.39 is 5.97 Å². The molecule has 32 heavy (non-hydrogen) atoms. The van der Waals surface area contributed by atoms with E-state index in [4.69, 9.17) is 14.2 Å². The van der Waals surface area contributed by atoms with Crippen molar-refractivity contribution in [2.75, 3.05) is 7.11 Å². The highest BCUT2D eigenvalue weighted by Gasteiger charge is 2.24. The molecule has 4 rings (SSSR count). The van der Waals surface area contributed by atoms with Crippen LogP contribution in [0.2, 0.25) is 0 Å². The average molecular weight is 557 g/mol. The third-order valence-electron chi connectivity index (χ3n) is 4.88. The van der Waals surface area contributed by atoms with Crippen molar-refractivity contribution in [1.29, 1.82) is 0 Å². The minimum absolute atomic E-state index is 0.211. The predicted octanol–water partition coefficient (Wildman–Crippen LogP) is 6.45. The van der Waals surface area contributed by atoms with E-state index in [1.807, 2.05) is 61.5 Å². The number of aliphatic imine (C=N–C) groups is 1. The first-order valence-electron chi connectivity index (χ1n) is 9.78. The number of esters is 1. The van der Waals surface area contributed by atoms with Crippen LogP contribution in [0.1, 0.15) is 22.3 Å². The summed E-state index contributed by atoms with van der Waals surface area (Å²) in [4.78, 5) is 16.7. The molecule has 7 heteroatoms. The van der Waals surface area contributed by atoms with E-state index in [2.05, 4.69) is 36.9 Å². The van der Waals surface area contributed by atoms with E-state index in [0.717, 1.165) is 26.7 Å². The van der Waals surface area contributed by atoms with E-state index in [1.54, 1.807) is 19.3 Å². The first-order valence-corrected chi connectivity index (χ1v) is 11.4. The van der Waals surface area contributed by atoms with Crippen molar-refractivity contribution in [3.05, 3.63) is 97.6 Å². The van der Waals surface area contributed by atoms with Crippen LogP contribution in [0, 0.1) is 6.92 Å². The van der Waals surface area contributed by atoms with Crippen molar-refractivity contribution in [1.82, 2.24) is 0 Å². The number of ether oxygens (including phenoxy) is 3. The molecule has 1 aliphatic heterocycles. The third kappa shape index (κ3) is 4.95. The summed E-state index contributed by atoms with van der Waals surface area (Å²) in [5, 5.41) is 0. The number of hydrogen-bond donors (Lipinski definition) is 0. The molecule has 0 aromatic heterocycles. The molecule has 0 fully saturated rings. The lowest BCUT2D eigenvalue weighted by molar-refractivity contribution is -0.129. The quantitative estimate of drug-likeness (QED) is 0.258. The van der Waals surface area contributed by atoms with Gasteiger partial charge in [-0.1, -0.05) is 46.3 Å². The smallest absolute Gasteiger partial charge is 0.363 e. The molecule has 0 saturated carbocycles. The lowest BCUT2D eigenvalue weighted by Gasteiger charge is -2.14. The van der Waals surface area contributed by atoms with Crippen LogP contribution in [-0.4, -0.2) is 19.0 Å². The molecule has 3 aromatic carbocycles. The minimum Gasteiger partial charge on any atom is -0.493 e. The van der Waals surface area contributed by atoms with Crippen molar-refractivity contribution >= 4 is 49.8 Å². The maximum absolute atomic E-state index is 12.4. The molecular weight excluding hydrogens is 538 g/mol. The van der Waals surface area contributed by atoms with E-state index in [-0.39, 0.29) is 11.6 Å². The molecule has 0 saturated heterocycles. The number of benzene rings is 3. The first kappa shape index (κ1) is 22.3. The summed E-state index contributed by atoms with van der Waals surface area (Å²) in [6.07, 6.45) is 1.66. The maximum Gasteiger partial charge on any atom is 0.363 e. The number of nitrogens with zero attached hydrogens (tertiary/aromatic N) is 1. The monoisotopic (exact) mass is 555 g/mol. The summed E-state index contributed by atoms with van der Waals surface area (Å²) in [5.74, 6) is 0.898. The fourth-order valence-electron chi connectivity index (χ4n) is 3.20. The molecule has 0 unspecified atom stereocenters. The Balaban J connectivity index is 1.60. The summed E-state index contributed by atoms with van der Waals surface area (Å²) >= 11 is 6.97. The molecule has 0 aliphatic carbocycles. The van der Waals surface area contributed by atoms with Crippen LogP contribution in [0.5, 0.6) is 11.5 Å². The van der Waals surface area contributed by atoms with Gasteiger partial charge in [-0.3, -0.25) is 0 Å². The molecule has 5 nitrogen and oxygen atoms in total. The second-order valence-corrected chi connectivity index (χ2v) is 8.87. The number of carbonyl (C=O) groups is 1. The fourth-order valence-corrected chi connectivity index (χ4v) is 4.17. The van der Waals surface area contributed by atoms with Gasteiger partial charge < -0.3 is 14.2 Å². The molecule has 3 aromatic rings. The topological polar surface area (TPSA) is 57.1 Å². The molecule has 1 aliphatic rings. The summed E-state index contributed by atoms with van der Waals surface area (Å²) in [6, 6.07) is 19.1. The summed E-state index contributed by atoms with van der Waals surface area (Å²) in [5.41, 5.74) is 3.90. The second-order valence-electron chi connectivity index (χ2n) is 7.10. The first-order chi connectivity index (χ1) is 15.4. The fraction of sp³-hybridized carbons (Fsp3) is 0.120. The predicted molar refractivity (Wildman–Crippen MR) is 131 cm³/mol. The zero-order valence-corrected chi connectivity index (χ0v) is 20.6. The summed E-state index contributed by atoms with van der Waals surface area (Å²) in [6.45, 7) is 2.46. The highest BCUT2D eigenvalue weighted by Crippen LogP contribution is 2.38. The number of halogens is 2. The normalized spacial score (nSPS) is 14.3. The summed E-state index contributed by atoms with van der Waals surface area (Å²) in [7, 11) is 1.58. The Morgan fingerprint density at radius 2 is 1.88 bits per heavy atom. The van der Waals surface area contributed by atoms with Crippen LogP contribution < -0.4 is 9.47 Å². The van der Waals surface area contributed by atoms with Gasteiger partial charge in [-0.05, 0) is 76.0 Å². The zero-order chi connectivity index (χ0) is 22.7. The Hall–Kier alpha value is -2.90. The van der Waals surface area contributed by atoms with Gasteiger partial charge in [0, 0.05) is 10.0 Å². The van der Waals surface area contributed by atoms with Gasteiger partial charge in [0.05, 0.1) is 11.6 Å². The van der Waals surface area contributed by atoms with Gasteiger partial charge in [0.15, 0.2) is 17.2 Å². The Morgan fingerprint density at radius 1 is 1.06 bits per heavy atom. The number of methoxy groups -OCH3 is 1. The number of hydrogen-bond acceptors (Lipinski definition) is 5. The van der Waals surface area contributed by atoms with E-state index >= 15 is 0 Å². The minimum atomic E-state index is -0.505. The van der Waals surface area contributed by atoms with Crippen molar-refractivity contribution < 1.29 is 19.0 Å². The van der Waals surface area contributed by atoms with E-state index in [0.29, 0.717) is 22.6 Å². The number of aryl methyl sites for hydroxylation is 1. The molecule has 162 valence electrons. The van der Waals surface area contributed by atoms with Crippen molar-refractivity contribution in [3.8, 4) is 11.5 Å². The van der Waals surface area contributed by atoms with Gasteiger partial charge in [0.1, 0.15) is 6.61 Å². The largest absolute Gasteiger partial charge is 0.493 e. The Bertz CT molecular complexity index is 1250. The molecule has 0 spiro atoms. The van der Waals surface area contributed by atoms with Crippen molar-refractivity contribution in [3.63, 3.8) is 0 Å². The van der Waals surface area contributed by atoms with Crippen molar-refractivity contribution in [2.45, 2.75) is 13.5 Å². The lowest BCUT2D eigenvalue weighted by atomic mass is 10.1. The standard InChI is InChI=1S/C25H19Br2NO4/c1-15-6-3-4-7-18(15)14-31-23-20(27)10-16(12-22(23)30-2)11-21-25(29)32-24(28-21)17-8-5-9-19(26)13-17/h3-13H,14H2,1-2H3. The molecule has 0 atom stereocenters. The van der Waals surface area contributed by atoms with Gasteiger partial charge in [0.2, 0.25) is 5.90 Å².